The van der Waals surface area contributed by atoms with Crippen LogP contribution in [0.5, 0.6) is 0 Å². The molecule has 3 heterocycles. The number of aromatic nitrogens is 3. The van der Waals surface area contributed by atoms with Gasteiger partial charge in [-0.15, -0.1) is 5.10 Å². The first-order valence-electron chi connectivity index (χ1n) is 14.7. The number of halogens is 1. The maximum absolute atomic E-state index is 13.2. The van der Waals surface area contributed by atoms with Gasteiger partial charge < -0.3 is 19.7 Å². The monoisotopic (exact) mass is 652 g/mol. The Kier molecular flexibility index (Phi) is 8.59. The molecule has 2 unspecified atom stereocenters. The zero-order chi connectivity index (χ0) is 31.1. The predicted octanol–water partition coefficient (Wildman–Crippen LogP) is 6.09. The molecule has 0 radical (unpaired) electrons. The van der Waals surface area contributed by atoms with E-state index in [1.165, 1.54) is 16.8 Å². The highest BCUT2D eigenvalue weighted by Crippen LogP contribution is 2.37. The van der Waals surface area contributed by atoms with E-state index in [9.17, 15) is 9.59 Å². The third kappa shape index (κ3) is 6.88. The van der Waals surface area contributed by atoms with E-state index in [4.69, 9.17) is 9.47 Å². The fraction of sp³-hybridized carbons (Fsp3) is 0.500. The molecule has 43 heavy (non-hydrogen) atoms. The minimum Gasteiger partial charge on any atom is -0.444 e. The fourth-order valence-electron chi connectivity index (χ4n) is 5.97. The Morgan fingerprint density at radius 3 is 2.44 bits per heavy atom. The van der Waals surface area contributed by atoms with Crippen molar-refractivity contribution in [2.45, 2.75) is 84.7 Å². The maximum Gasteiger partial charge on any atom is 0.413 e. The van der Waals surface area contributed by atoms with E-state index < -0.39 is 23.5 Å². The first-order chi connectivity index (χ1) is 20.2. The van der Waals surface area contributed by atoms with Gasteiger partial charge in [-0.25, -0.2) is 9.48 Å². The van der Waals surface area contributed by atoms with Crippen molar-refractivity contribution in [3.63, 3.8) is 0 Å². The number of benzene rings is 2. The van der Waals surface area contributed by atoms with Crippen LogP contribution in [0.4, 0.5) is 10.5 Å². The molecule has 2 aliphatic rings. The Morgan fingerprint density at radius 1 is 1.12 bits per heavy atom. The SMILES string of the molecule is Cc1cc(Br)cc(C)c1N1CCCC(NC(=O)c2ccc(-n3cc(C4COC(C)(C)N4C(=O)OC(C)(C)C)nn3)cc2)C1. The lowest BCUT2D eigenvalue weighted by molar-refractivity contribution is -0.0627. The molecule has 2 amide bonds. The molecule has 2 fully saturated rings. The van der Waals surface area contributed by atoms with Crippen LogP contribution in [0.15, 0.2) is 47.1 Å². The lowest BCUT2D eigenvalue weighted by atomic mass is 10.0. The van der Waals surface area contributed by atoms with Crippen molar-refractivity contribution in [3.8, 4) is 5.69 Å². The second-order valence-electron chi connectivity index (χ2n) is 12.9. The van der Waals surface area contributed by atoms with Crippen LogP contribution in [0, 0.1) is 13.8 Å². The molecule has 3 aromatic rings. The van der Waals surface area contributed by atoms with Crippen LogP contribution in [0.2, 0.25) is 0 Å². The van der Waals surface area contributed by atoms with E-state index in [1.54, 1.807) is 27.9 Å². The number of nitrogens with zero attached hydrogens (tertiary/aromatic N) is 5. The zero-order valence-electron chi connectivity index (χ0n) is 26.0. The number of rotatable bonds is 5. The van der Waals surface area contributed by atoms with E-state index in [2.05, 4.69) is 62.4 Å². The van der Waals surface area contributed by atoms with Crippen LogP contribution >= 0.6 is 15.9 Å². The number of piperidine rings is 1. The number of aryl methyl sites for hydroxylation is 2. The number of ether oxygens (including phenoxy) is 2. The van der Waals surface area contributed by atoms with Gasteiger partial charge in [-0.3, -0.25) is 9.69 Å². The molecule has 5 rings (SSSR count). The van der Waals surface area contributed by atoms with Gasteiger partial charge in [0.05, 0.1) is 18.5 Å². The topological polar surface area (TPSA) is 102 Å². The van der Waals surface area contributed by atoms with Crippen LogP contribution in [-0.4, -0.2) is 69.0 Å². The summed E-state index contributed by atoms with van der Waals surface area (Å²) in [6.45, 7) is 15.5. The van der Waals surface area contributed by atoms with Crippen molar-refractivity contribution in [3.05, 3.63) is 69.5 Å². The van der Waals surface area contributed by atoms with Crippen LogP contribution < -0.4 is 10.2 Å². The van der Waals surface area contributed by atoms with Gasteiger partial charge in [0.25, 0.3) is 5.91 Å². The normalized spacial score (nSPS) is 20.3. The highest BCUT2D eigenvalue weighted by Gasteiger charge is 2.47. The Hall–Kier alpha value is -3.44. The molecule has 0 saturated carbocycles. The summed E-state index contributed by atoms with van der Waals surface area (Å²) in [5.74, 6) is -0.0970. The average Bonchev–Trinajstić information content (AvgIpc) is 3.51. The second kappa shape index (κ2) is 11.9. The summed E-state index contributed by atoms with van der Waals surface area (Å²) in [7, 11) is 0. The molecule has 11 heteroatoms. The van der Waals surface area contributed by atoms with E-state index in [0.717, 1.165) is 36.1 Å². The number of nitrogens with one attached hydrogen (secondary N) is 1. The third-order valence-corrected chi connectivity index (χ3v) is 8.31. The van der Waals surface area contributed by atoms with Gasteiger partial charge in [-0.1, -0.05) is 21.1 Å². The molecule has 2 aromatic carbocycles. The summed E-state index contributed by atoms with van der Waals surface area (Å²) in [6.07, 6.45) is 3.28. The third-order valence-electron chi connectivity index (χ3n) is 7.85. The Balaban J connectivity index is 1.24. The van der Waals surface area contributed by atoms with Crippen LogP contribution in [0.25, 0.3) is 5.69 Å². The lowest BCUT2D eigenvalue weighted by Gasteiger charge is -2.36. The van der Waals surface area contributed by atoms with Gasteiger partial charge in [0, 0.05) is 34.9 Å². The highest BCUT2D eigenvalue weighted by molar-refractivity contribution is 9.10. The maximum atomic E-state index is 13.2. The van der Waals surface area contributed by atoms with E-state index in [-0.39, 0.29) is 18.6 Å². The van der Waals surface area contributed by atoms with Crippen molar-refractivity contribution in [1.29, 1.82) is 0 Å². The summed E-state index contributed by atoms with van der Waals surface area (Å²) in [5.41, 5.74) is 4.15. The number of carbonyl (C=O) groups is 2. The number of carbonyl (C=O) groups excluding carboxylic acids is 2. The van der Waals surface area contributed by atoms with Crippen molar-refractivity contribution in [2.75, 3.05) is 24.6 Å². The molecule has 0 aliphatic carbocycles. The van der Waals surface area contributed by atoms with Crippen molar-refractivity contribution in [1.82, 2.24) is 25.2 Å². The quantitative estimate of drug-likeness (QED) is 0.356. The van der Waals surface area contributed by atoms with Gasteiger partial charge in [0.1, 0.15) is 23.1 Å². The summed E-state index contributed by atoms with van der Waals surface area (Å²) >= 11 is 3.59. The number of hydrogen-bond donors (Lipinski definition) is 1. The Bertz CT molecular complexity index is 1470. The molecule has 230 valence electrons. The summed E-state index contributed by atoms with van der Waals surface area (Å²) < 4.78 is 14.3. The van der Waals surface area contributed by atoms with E-state index in [1.807, 2.05) is 46.8 Å². The summed E-state index contributed by atoms with van der Waals surface area (Å²) in [4.78, 5) is 30.2. The van der Waals surface area contributed by atoms with Gasteiger partial charge >= 0.3 is 6.09 Å². The molecule has 0 spiro atoms. The van der Waals surface area contributed by atoms with Gasteiger partial charge in [-0.05, 0) is 109 Å². The minimum atomic E-state index is -0.850. The molecular formula is C32H41BrN6O4. The molecule has 1 aromatic heterocycles. The van der Waals surface area contributed by atoms with Crippen molar-refractivity contribution in [2.24, 2.45) is 0 Å². The summed E-state index contributed by atoms with van der Waals surface area (Å²) in [5, 5.41) is 11.9. The number of anilines is 1. The Labute approximate surface area is 261 Å². The van der Waals surface area contributed by atoms with Gasteiger partial charge in [0.15, 0.2) is 0 Å². The standard InChI is InChI=1S/C32H41BrN6O4/c1-20-15-23(33)16-21(2)28(20)37-14-8-9-24(17-37)34-29(40)22-10-12-25(13-11-22)38-18-26(35-36-38)27-19-42-32(6,7)39(27)30(41)43-31(3,4)5/h10-13,15-16,18,24,27H,8-9,14,17,19H2,1-7H3,(H,34,40). The molecular weight excluding hydrogens is 612 g/mol. The predicted molar refractivity (Wildman–Crippen MR) is 169 cm³/mol. The molecule has 2 aliphatic heterocycles. The Morgan fingerprint density at radius 2 is 1.79 bits per heavy atom. The van der Waals surface area contributed by atoms with Crippen molar-refractivity contribution >= 4 is 33.6 Å². The minimum absolute atomic E-state index is 0.0621. The first-order valence-corrected chi connectivity index (χ1v) is 15.5. The fourth-order valence-corrected chi connectivity index (χ4v) is 6.65. The zero-order valence-corrected chi connectivity index (χ0v) is 27.6. The highest BCUT2D eigenvalue weighted by atomic mass is 79.9. The first kappa shape index (κ1) is 31.0. The second-order valence-corrected chi connectivity index (χ2v) is 13.8. The van der Waals surface area contributed by atoms with Crippen LogP contribution in [0.3, 0.4) is 0 Å². The molecule has 1 N–H and O–H groups in total. The molecule has 10 nitrogen and oxygen atoms in total. The van der Waals surface area contributed by atoms with Crippen molar-refractivity contribution < 1.29 is 19.1 Å². The van der Waals surface area contributed by atoms with E-state index in [0.29, 0.717) is 11.3 Å². The molecule has 2 atom stereocenters. The van der Waals surface area contributed by atoms with Crippen LogP contribution in [-0.2, 0) is 9.47 Å². The largest absolute Gasteiger partial charge is 0.444 e. The van der Waals surface area contributed by atoms with E-state index >= 15 is 0 Å². The van der Waals surface area contributed by atoms with Crippen LogP contribution in [0.1, 0.15) is 80.7 Å². The molecule has 2 saturated heterocycles. The average molecular weight is 654 g/mol. The number of hydrogen-bond acceptors (Lipinski definition) is 7. The smallest absolute Gasteiger partial charge is 0.413 e. The van der Waals surface area contributed by atoms with Gasteiger partial charge in [-0.2, -0.15) is 0 Å². The summed E-state index contributed by atoms with van der Waals surface area (Å²) in [6, 6.07) is 11.2. The number of amides is 2. The lowest BCUT2D eigenvalue weighted by Crippen LogP contribution is -2.48. The molecule has 0 bridgehead atoms. The van der Waals surface area contributed by atoms with Gasteiger partial charge in [0.2, 0.25) is 0 Å².